The van der Waals surface area contributed by atoms with Crippen molar-refractivity contribution in [1.29, 1.82) is 0 Å². The number of benzene rings is 2. The highest BCUT2D eigenvalue weighted by molar-refractivity contribution is 9.10. The monoisotopic (exact) mass is 395 g/mol. The minimum atomic E-state index is 0.643. The van der Waals surface area contributed by atoms with E-state index < -0.39 is 0 Å². The molecule has 5 heteroatoms. The maximum absolute atomic E-state index is 6.02. The van der Waals surface area contributed by atoms with Gasteiger partial charge < -0.3 is 9.47 Å². The molecule has 0 radical (unpaired) electrons. The van der Waals surface area contributed by atoms with Gasteiger partial charge in [0.05, 0.1) is 23.9 Å². The summed E-state index contributed by atoms with van der Waals surface area (Å²) in [6.45, 7) is 4.71. The lowest BCUT2D eigenvalue weighted by atomic mass is 10.2. The zero-order valence-corrected chi connectivity index (χ0v) is 15.7. The van der Waals surface area contributed by atoms with Gasteiger partial charge in [-0.05, 0) is 64.7 Å². The maximum Gasteiger partial charge on any atom is 0.175 e. The molecular weight excluding hydrogens is 378 g/mol. The summed E-state index contributed by atoms with van der Waals surface area (Å²) in [7, 11) is 1.63. The molecule has 3 nitrogen and oxygen atoms in total. The fourth-order valence-corrected chi connectivity index (χ4v) is 2.76. The average molecular weight is 397 g/mol. The van der Waals surface area contributed by atoms with Crippen LogP contribution in [0.4, 0.5) is 5.69 Å². The van der Waals surface area contributed by atoms with Crippen molar-refractivity contribution in [2.24, 2.45) is 4.99 Å². The van der Waals surface area contributed by atoms with Crippen molar-refractivity contribution in [3.63, 3.8) is 0 Å². The van der Waals surface area contributed by atoms with Crippen LogP contribution in [-0.2, 0) is 0 Å². The van der Waals surface area contributed by atoms with Gasteiger partial charge in [-0.25, -0.2) is 0 Å². The number of aryl methyl sites for hydroxylation is 1. The summed E-state index contributed by atoms with van der Waals surface area (Å²) in [6.07, 6.45) is 2.72. The van der Waals surface area contributed by atoms with Gasteiger partial charge in [0.15, 0.2) is 11.5 Å². The van der Waals surface area contributed by atoms with Crippen LogP contribution in [0.5, 0.6) is 11.5 Å². The molecule has 122 valence electrons. The van der Waals surface area contributed by atoms with E-state index in [1.807, 2.05) is 37.3 Å². The Morgan fingerprint density at radius 2 is 2.04 bits per heavy atom. The second-order valence-electron chi connectivity index (χ2n) is 5.07. The summed E-state index contributed by atoms with van der Waals surface area (Å²) >= 11 is 9.56. The number of hydrogen-bond acceptors (Lipinski definition) is 3. The van der Waals surface area contributed by atoms with Crippen LogP contribution in [0.15, 0.2) is 39.8 Å². The lowest BCUT2D eigenvalue weighted by Crippen LogP contribution is -1.99. The van der Waals surface area contributed by atoms with Crippen molar-refractivity contribution in [2.75, 3.05) is 13.7 Å². The molecule has 23 heavy (non-hydrogen) atoms. The first-order chi connectivity index (χ1) is 11.0. The molecule has 2 aromatic carbocycles. The third kappa shape index (κ3) is 4.72. The van der Waals surface area contributed by atoms with E-state index in [1.54, 1.807) is 13.3 Å². The Morgan fingerprint density at radius 3 is 2.74 bits per heavy atom. The second kappa shape index (κ2) is 8.37. The number of methoxy groups -OCH3 is 1. The Morgan fingerprint density at radius 1 is 1.26 bits per heavy atom. The highest BCUT2D eigenvalue weighted by atomic mass is 79.9. The van der Waals surface area contributed by atoms with Crippen LogP contribution < -0.4 is 9.47 Å². The van der Waals surface area contributed by atoms with Gasteiger partial charge in [0, 0.05) is 11.2 Å². The predicted octanol–water partition coefficient (Wildman–Crippen LogP) is 5.96. The first kappa shape index (κ1) is 17.8. The predicted molar refractivity (Wildman–Crippen MR) is 99.9 cm³/mol. The van der Waals surface area contributed by atoms with E-state index >= 15 is 0 Å². The molecule has 0 bridgehead atoms. The summed E-state index contributed by atoms with van der Waals surface area (Å²) in [6, 6.07) is 9.51. The van der Waals surface area contributed by atoms with E-state index in [9.17, 15) is 0 Å². The van der Waals surface area contributed by atoms with E-state index in [4.69, 9.17) is 21.1 Å². The van der Waals surface area contributed by atoms with Crippen LogP contribution in [0.2, 0.25) is 5.02 Å². The van der Waals surface area contributed by atoms with Gasteiger partial charge in [0.25, 0.3) is 0 Å². The molecule has 0 atom stereocenters. The van der Waals surface area contributed by atoms with Crippen LogP contribution in [0.1, 0.15) is 24.5 Å². The molecule has 0 aliphatic rings. The van der Waals surface area contributed by atoms with Crippen molar-refractivity contribution in [3.8, 4) is 11.5 Å². The molecule has 0 aliphatic carbocycles. The van der Waals surface area contributed by atoms with Crippen molar-refractivity contribution in [2.45, 2.75) is 20.3 Å². The van der Waals surface area contributed by atoms with E-state index in [2.05, 4.69) is 27.8 Å². The Labute approximate surface area is 150 Å². The van der Waals surface area contributed by atoms with Crippen molar-refractivity contribution in [1.82, 2.24) is 0 Å². The Balaban J connectivity index is 2.31. The SMILES string of the molecule is CCCOc1c(Br)cc(C=Nc2cc(Cl)ccc2C)cc1OC. The quantitative estimate of drug-likeness (QED) is 0.564. The minimum absolute atomic E-state index is 0.643. The van der Waals surface area contributed by atoms with Crippen LogP contribution in [-0.4, -0.2) is 19.9 Å². The van der Waals surface area contributed by atoms with E-state index in [0.29, 0.717) is 23.1 Å². The minimum Gasteiger partial charge on any atom is -0.493 e. The molecule has 0 unspecified atom stereocenters. The van der Waals surface area contributed by atoms with Gasteiger partial charge in [0.2, 0.25) is 0 Å². The van der Waals surface area contributed by atoms with Crippen molar-refractivity contribution < 1.29 is 9.47 Å². The van der Waals surface area contributed by atoms with Gasteiger partial charge in [-0.2, -0.15) is 0 Å². The number of hydrogen-bond donors (Lipinski definition) is 0. The summed E-state index contributed by atoms with van der Waals surface area (Å²) in [5.41, 5.74) is 2.83. The summed E-state index contributed by atoms with van der Waals surface area (Å²) in [5.74, 6) is 1.39. The number of nitrogens with zero attached hydrogens (tertiary/aromatic N) is 1. The maximum atomic E-state index is 6.02. The van der Waals surface area contributed by atoms with E-state index in [0.717, 1.165) is 27.7 Å². The first-order valence-electron chi connectivity index (χ1n) is 7.35. The molecule has 0 aromatic heterocycles. The van der Waals surface area contributed by atoms with E-state index in [-0.39, 0.29) is 0 Å². The number of rotatable bonds is 6. The van der Waals surface area contributed by atoms with Crippen LogP contribution >= 0.6 is 27.5 Å². The Hall–Kier alpha value is -1.52. The second-order valence-corrected chi connectivity index (χ2v) is 6.36. The van der Waals surface area contributed by atoms with Gasteiger partial charge in [0.1, 0.15) is 0 Å². The highest BCUT2D eigenvalue weighted by Crippen LogP contribution is 2.36. The number of halogens is 2. The van der Waals surface area contributed by atoms with Crippen molar-refractivity contribution >= 4 is 39.4 Å². The summed E-state index contributed by atoms with van der Waals surface area (Å²) in [4.78, 5) is 4.52. The zero-order chi connectivity index (χ0) is 16.8. The van der Waals surface area contributed by atoms with Crippen LogP contribution in [0, 0.1) is 6.92 Å². The normalized spacial score (nSPS) is 11.0. The molecule has 0 spiro atoms. The largest absolute Gasteiger partial charge is 0.493 e. The number of aliphatic imine (C=N–C) groups is 1. The Bertz CT molecular complexity index is 716. The van der Waals surface area contributed by atoms with Crippen LogP contribution in [0.3, 0.4) is 0 Å². The molecule has 0 amide bonds. The molecule has 2 aromatic rings. The third-order valence-corrected chi connectivity index (χ3v) is 4.05. The average Bonchev–Trinajstić information content (AvgIpc) is 2.54. The first-order valence-corrected chi connectivity index (χ1v) is 8.52. The third-order valence-electron chi connectivity index (χ3n) is 3.23. The topological polar surface area (TPSA) is 30.8 Å². The fraction of sp³-hybridized carbons (Fsp3) is 0.278. The standard InChI is InChI=1S/C18H19BrClNO2/c1-4-7-23-18-15(19)8-13(9-17(18)22-3)11-21-16-10-14(20)6-5-12(16)2/h5-6,8-11H,4,7H2,1-3H3. The van der Waals surface area contributed by atoms with E-state index in [1.165, 1.54) is 0 Å². The molecular formula is C18H19BrClNO2. The Kier molecular flexibility index (Phi) is 6.48. The van der Waals surface area contributed by atoms with Gasteiger partial charge in [-0.1, -0.05) is 24.6 Å². The summed E-state index contributed by atoms with van der Waals surface area (Å²) in [5, 5.41) is 0.671. The fourth-order valence-electron chi connectivity index (χ4n) is 2.02. The van der Waals surface area contributed by atoms with Gasteiger partial charge in [-0.15, -0.1) is 0 Å². The molecule has 0 aliphatic heterocycles. The molecule has 0 N–H and O–H groups in total. The lowest BCUT2D eigenvalue weighted by molar-refractivity contribution is 0.292. The van der Waals surface area contributed by atoms with Crippen molar-refractivity contribution in [3.05, 3.63) is 51.0 Å². The van der Waals surface area contributed by atoms with Gasteiger partial charge >= 0.3 is 0 Å². The molecule has 0 heterocycles. The molecule has 0 saturated carbocycles. The number of ether oxygens (including phenoxy) is 2. The summed E-state index contributed by atoms with van der Waals surface area (Å²) < 4.78 is 12.0. The lowest BCUT2D eigenvalue weighted by Gasteiger charge is -2.12. The molecule has 0 saturated heterocycles. The molecule has 0 fully saturated rings. The zero-order valence-electron chi connectivity index (χ0n) is 13.4. The van der Waals surface area contributed by atoms with Crippen LogP contribution in [0.25, 0.3) is 0 Å². The van der Waals surface area contributed by atoms with Gasteiger partial charge in [-0.3, -0.25) is 4.99 Å². The smallest absolute Gasteiger partial charge is 0.175 e. The molecule has 2 rings (SSSR count). The highest BCUT2D eigenvalue weighted by Gasteiger charge is 2.11.